The van der Waals surface area contributed by atoms with E-state index in [0.717, 1.165) is 38.8 Å². The smallest absolute Gasteiger partial charge is 0.307 e. The number of unbranched alkanes of at least 4 members (excludes halogenated alkanes) is 31. The highest BCUT2D eigenvalue weighted by atomic mass is 16.5. The SMILES string of the molecule is CCCCCCCCCCCCCCCCCCOC(=O)CC(CC(=O)OCCCCCCCCCCCCCCCCCC)NC(=O)CN1CC(CCCC)C1. The van der Waals surface area contributed by atoms with E-state index < -0.39 is 6.04 Å². The lowest BCUT2D eigenvalue weighted by Crippen LogP contribution is -2.52. The zero-order valence-electron chi connectivity index (χ0n) is 38.3. The summed E-state index contributed by atoms with van der Waals surface area (Å²) in [6.07, 6.45) is 45.4. The second-order valence-electron chi connectivity index (χ2n) is 17.9. The van der Waals surface area contributed by atoms with Crippen molar-refractivity contribution in [3.8, 4) is 0 Å². The number of carbonyl (C=O) groups excluding carboxylic acids is 3. The van der Waals surface area contributed by atoms with Crippen molar-refractivity contribution in [2.45, 2.75) is 264 Å². The first-order valence-electron chi connectivity index (χ1n) is 25.3. The standard InChI is InChI=1S/C50H96N2O5/c1-4-7-10-12-14-16-18-20-22-24-26-28-30-32-34-36-39-56-49(54)41-47(51-48(53)45-52-43-46(44-52)38-9-6-3)42-50(55)57-40-37-35-33-31-29-27-25-23-21-19-17-15-13-11-8-5-2/h46-47H,4-45H2,1-3H3,(H,51,53). The molecule has 0 aromatic rings. The Balaban J connectivity index is 2.19. The molecule has 1 heterocycles. The molecule has 7 nitrogen and oxygen atoms in total. The Kier molecular flexibility index (Phi) is 38.5. The van der Waals surface area contributed by atoms with Gasteiger partial charge in [0.2, 0.25) is 5.91 Å². The van der Waals surface area contributed by atoms with Gasteiger partial charge in [0.25, 0.3) is 0 Å². The fourth-order valence-electron chi connectivity index (χ4n) is 8.32. The van der Waals surface area contributed by atoms with Crippen molar-refractivity contribution < 1.29 is 23.9 Å². The highest BCUT2D eigenvalue weighted by Crippen LogP contribution is 2.21. The number of hydrogen-bond donors (Lipinski definition) is 1. The molecule has 1 amide bonds. The molecule has 1 saturated heterocycles. The third-order valence-corrected chi connectivity index (χ3v) is 12.1. The normalized spacial score (nSPS) is 13.3. The van der Waals surface area contributed by atoms with E-state index in [0.29, 0.717) is 25.7 Å². The van der Waals surface area contributed by atoms with E-state index in [4.69, 9.17) is 9.47 Å². The number of hydrogen-bond acceptors (Lipinski definition) is 6. The molecule has 0 bridgehead atoms. The molecule has 0 unspecified atom stereocenters. The van der Waals surface area contributed by atoms with Crippen LogP contribution in [0.25, 0.3) is 0 Å². The number of likely N-dealkylation sites (tertiary alicyclic amines) is 1. The lowest BCUT2D eigenvalue weighted by atomic mass is 9.94. The maximum Gasteiger partial charge on any atom is 0.307 e. The predicted molar refractivity (Wildman–Crippen MR) is 242 cm³/mol. The van der Waals surface area contributed by atoms with E-state index in [9.17, 15) is 14.4 Å². The van der Waals surface area contributed by atoms with Gasteiger partial charge in [0.1, 0.15) is 0 Å². The summed E-state index contributed by atoms with van der Waals surface area (Å²) in [7, 11) is 0. The van der Waals surface area contributed by atoms with Gasteiger partial charge in [-0.25, -0.2) is 0 Å². The molecule has 57 heavy (non-hydrogen) atoms. The Morgan fingerprint density at radius 1 is 0.456 bits per heavy atom. The van der Waals surface area contributed by atoms with Crippen LogP contribution in [0.4, 0.5) is 0 Å². The zero-order valence-corrected chi connectivity index (χ0v) is 38.3. The monoisotopic (exact) mass is 805 g/mol. The molecular formula is C50H96N2O5. The highest BCUT2D eigenvalue weighted by molar-refractivity contribution is 5.81. The average Bonchev–Trinajstić information content (AvgIpc) is 3.18. The number of nitrogens with one attached hydrogen (secondary N) is 1. The minimum atomic E-state index is -0.605. The zero-order chi connectivity index (χ0) is 41.3. The third-order valence-electron chi connectivity index (χ3n) is 12.1. The van der Waals surface area contributed by atoms with Crippen LogP contribution >= 0.6 is 0 Å². The van der Waals surface area contributed by atoms with Gasteiger partial charge in [-0.2, -0.15) is 0 Å². The van der Waals surface area contributed by atoms with Gasteiger partial charge in [0.15, 0.2) is 0 Å². The molecule has 336 valence electrons. The molecule has 1 N–H and O–H groups in total. The molecule has 1 fully saturated rings. The van der Waals surface area contributed by atoms with E-state index in [2.05, 4.69) is 31.0 Å². The minimum Gasteiger partial charge on any atom is -0.466 e. The Bertz CT molecular complexity index is 855. The Hall–Kier alpha value is -1.63. The summed E-state index contributed by atoms with van der Waals surface area (Å²) in [5.74, 6) is -0.163. The molecule has 0 spiro atoms. The molecule has 0 aliphatic carbocycles. The van der Waals surface area contributed by atoms with Crippen LogP contribution in [0.15, 0.2) is 0 Å². The molecule has 1 aliphatic rings. The van der Waals surface area contributed by atoms with Crippen molar-refractivity contribution in [3.05, 3.63) is 0 Å². The highest BCUT2D eigenvalue weighted by Gasteiger charge is 2.29. The van der Waals surface area contributed by atoms with E-state index in [-0.39, 0.29) is 30.7 Å². The van der Waals surface area contributed by atoms with Crippen molar-refractivity contribution in [2.75, 3.05) is 32.8 Å². The van der Waals surface area contributed by atoms with Crippen molar-refractivity contribution in [2.24, 2.45) is 5.92 Å². The summed E-state index contributed by atoms with van der Waals surface area (Å²) in [5.41, 5.74) is 0. The first-order chi connectivity index (χ1) is 28.0. The number of rotatable bonds is 44. The van der Waals surface area contributed by atoms with Gasteiger partial charge in [0.05, 0.1) is 32.6 Å². The molecule has 0 saturated carbocycles. The average molecular weight is 805 g/mol. The van der Waals surface area contributed by atoms with Crippen LogP contribution in [-0.2, 0) is 23.9 Å². The van der Waals surface area contributed by atoms with Crippen LogP contribution in [0.3, 0.4) is 0 Å². The van der Waals surface area contributed by atoms with Gasteiger partial charge in [-0.05, 0) is 25.2 Å². The van der Waals surface area contributed by atoms with Crippen molar-refractivity contribution in [1.82, 2.24) is 10.2 Å². The van der Waals surface area contributed by atoms with Crippen LogP contribution in [0.2, 0.25) is 0 Å². The molecule has 0 radical (unpaired) electrons. The molecule has 0 atom stereocenters. The van der Waals surface area contributed by atoms with Gasteiger partial charge in [-0.1, -0.05) is 226 Å². The molecular weight excluding hydrogens is 709 g/mol. The van der Waals surface area contributed by atoms with E-state index in [1.807, 2.05) is 0 Å². The van der Waals surface area contributed by atoms with E-state index in [1.165, 1.54) is 199 Å². The number of amides is 1. The predicted octanol–water partition coefficient (Wildman–Crippen LogP) is 14.0. The molecule has 0 aromatic heterocycles. The molecule has 1 aliphatic heterocycles. The summed E-state index contributed by atoms with van der Waals surface area (Å²) < 4.78 is 11.1. The molecule has 0 aromatic carbocycles. The van der Waals surface area contributed by atoms with Crippen LogP contribution in [0.5, 0.6) is 0 Å². The topological polar surface area (TPSA) is 84.9 Å². The fourth-order valence-corrected chi connectivity index (χ4v) is 8.32. The van der Waals surface area contributed by atoms with Gasteiger partial charge < -0.3 is 14.8 Å². The van der Waals surface area contributed by atoms with E-state index >= 15 is 0 Å². The van der Waals surface area contributed by atoms with Crippen LogP contribution < -0.4 is 5.32 Å². The van der Waals surface area contributed by atoms with Crippen LogP contribution in [0, 0.1) is 5.92 Å². The Morgan fingerprint density at radius 2 is 0.754 bits per heavy atom. The summed E-state index contributed by atoms with van der Waals surface area (Å²) in [5, 5.41) is 2.97. The first-order valence-corrected chi connectivity index (χ1v) is 25.3. The lowest BCUT2D eigenvalue weighted by Gasteiger charge is -2.39. The quantitative estimate of drug-likeness (QED) is 0.0488. The van der Waals surface area contributed by atoms with Gasteiger partial charge >= 0.3 is 11.9 Å². The minimum absolute atomic E-state index is 0.00211. The summed E-state index contributed by atoms with van der Waals surface area (Å²) in [6, 6.07) is -0.605. The second kappa shape index (κ2) is 41.1. The number of ether oxygens (including phenoxy) is 2. The molecule has 7 heteroatoms. The molecule has 1 rings (SSSR count). The first kappa shape index (κ1) is 53.4. The Morgan fingerprint density at radius 3 is 1.07 bits per heavy atom. The number of nitrogens with zero attached hydrogens (tertiary/aromatic N) is 1. The van der Waals surface area contributed by atoms with Crippen LogP contribution in [0.1, 0.15) is 258 Å². The van der Waals surface area contributed by atoms with Gasteiger partial charge in [0, 0.05) is 19.1 Å². The van der Waals surface area contributed by atoms with Crippen molar-refractivity contribution >= 4 is 17.8 Å². The lowest BCUT2D eigenvalue weighted by molar-refractivity contribution is -0.146. The maximum atomic E-state index is 12.9. The van der Waals surface area contributed by atoms with E-state index in [1.54, 1.807) is 0 Å². The summed E-state index contributed by atoms with van der Waals surface area (Å²) in [6.45, 7) is 9.76. The van der Waals surface area contributed by atoms with Crippen molar-refractivity contribution in [3.63, 3.8) is 0 Å². The summed E-state index contributed by atoms with van der Waals surface area (Å²) >= 11 is 0. The van der Waals surface area contributed by atoms with Crippen molar-refractivity contribution in [1.29, 1.82) is 0 Å². The van der Waals surface area contributed by atoms with Crippen LogP contribution in [-0.4, -0.2) is 61.6 Å². The second-order valence-corrected chi connectivity index (χ2v) is 17.9. The summed E-state index contributed by atoms with van der Waals surface area (Å²) in [4.78, 5) is 40.7. The number of esters is 2. The number of carbonyl (C=O) groups is 3. The fraction of sp³-hybridized carbons (Fsp3) is 0.940. The third kappa shape index (κ3) is 36.0. The Labute approximate surface area is 354 Å². The van der Waals surface area contributed by atoms with Gasteiger partial charge in [-0.15, -0.1) is 0 Å². The van der Waals surface area contributed by atoms with Gasteiger partial charge in [-0.3, -0.25) is 19.3 Å². The largest absolute Gasteiger partial charge is 0.466 e. The maximum absolute atomic E-state index is 12.9.